The van der Waals surface area contributed by atoms with Crippen molar-refractivity contribution in [2.75, 3.05) is 5.32 Å². The standard InChI is InChI=1S/C15H16BrN3.HI/c1-11-3-2-4-14(9-11)19-15(17)18-10-12-5-7-13(16)8-6-12;/h2-9H,10H2,1H3,(H3,17,18,19);1H. The van der Waals surface area contributed by atoms with E-state index >= 15 is 0 Å². The van der Waals surface area contributed by atoms with Gasteiger partial charge < -0.3 is 11.1 Å². The van der Waals surface area contributed by atoms with Crippen molar-refractivity contribution in [2.45, 2.75) is 13.5 Å². The third-order valence-electron chi connectivity index (χ3n) is 2.64. The van der Waals surface area contributed by atoms with Crippen LogP contribution in [0.4, 0.5) is 5.69 Å². The molecule has 3 N–H and O–H groups in total. The van der Waals surface area contributed by atoms with Gasteiger partial charge in [0.1, 0.15) is 0 Å². The maximum atomic E-state index is 5.86. The molecule has 2 aromatic carbocycles. The number of hydrogen-bond donors (Lipinski definition) is 2. The number of aryl methyl sites for hydroxylation is 1. The van der Waals surface area contributed by atoms with Gasteiger partial charge in [-0.1, -0.05) is 40.2 Å². The second kappa shape index (κ2) is 8.26. The molecule has 0 radical (unpaired) electrons. The first-order chi connectivity index (χ1) is 9.13. The van der Waals surface area contributed by atoms with Gasteiger partial charge >= 0.3 is 0 Å². The van der Waals surface area contributed by atoms with Crippen LogP contribution in [0.1, 0.15) is 11.1 Å². The van der Waals surface area contributed by atoms with Gasteiger partial charge in [-0.15, -0.1) is 24.0 Å². The van der Waals surface area contributed by atoms with E-state index < -0.39 is 0 Å². The van der Waals surface area contributed by atoms with Crippen LogP contribution in [0.15, 0.2) is 58.0 Å². The van der Waals surface area contributed by atoms with Crippen LogP contribution in [0.2, 0.25) is 0 Å². The molecule has 0 spiro atoms. The molecule has 0 atom stereocenters. The number of aliphatic imine (C=N–C) groups is 1. The van der Waals surface area contributed by atoms with Crippen molar-refractivity contribution in [1.82, 2.24) is 0 Å². The van der Waals surface area contributed by atoms with Crippen LogP contribution < -0.4 is 11.1 Å². The van der Waals surface area contributed by atoms with Crippen LogP contribution in [0.5, 0.6) is 0 Å². The van der Waals surface area contributed by atoms with Crippen LogP contribution >= 0.6 is 39.9 Å². The van der Waals surface area contributed by atoms with Gasteiger partial charge in [0.25, 0.3) is 0 Å². The molecule has 0 fully saturated rings. The zero-order chi connectivity index (χ0) is 13.7. The lowest BCUT2D eigenvalue weighted by molar-refractivity contribution is 1.06. The molecule has 2 rings (SSSR count). The fourth-order valence-electron chi connectivity index (χ4n) is 1.68. The topological polar surface area (TPSA) is 50.4 Å². The van der Waals surface area contributed by atoms with Gasteiger partial charge in [0, 0.05) is 10.2 Å². The number of halogens is 2. The number of rotatable bonds is 3. The van der Waals surface area contributed by atoms with Crippen molar-refractivity contribution in [3.05, 3.63) is 64.1 Å². The van der Waals surface area contributed by atoms with E-state index in [0.29, 0.717) is 12.5 Å². The maximum absolute atomic E-state index is 5.86. The van der Waals surface area contributed by atoms with Crippen molar-refractivity contribution in [3.8, 4) is 0 Å². The predicted molar refractivity (Wildman–Crippen MR) is 99.7 cm³/mol. The summed E-state index contributed by atoms with van der Waals surface area (Å²) in [5.74, 6) is 0.425. The molecular weight excluding hydrogens is 429 g/mol. The van der Waals surface area contributed by atoms with Crippen LogP contribution in [-0.2, 0) is 6.54 Å². The molecule has 0 aliphatic rings. The van der Waals surface area contributed by atoms with Crippen LogP contribution in [0, 0.1) is 6.92 Å². The first-order valence-electron chi connectivity index (χ1n) is 6.01. The minimum Gasteiger partial charge on any atom is -0.370 e. The van der Waals surface area contributed by atoms with Gasteiger partial charge in [0.15, 0.2) is 5.96 Å². The summed E-state index contributed by atoms with van der Waals surface area (Å²) in [5, 5.41) is 3.08. The molecule has 0 saturated carbocycles. The van der Waals surface area contributed by atoms with E-state index in [4.69, 9.17) is 5.73 Å². The average Bonchev–Trinajstić information content (AvgIpc) is 2.38. The largest absolute Gasteiger partial charge is 0.370 e. The summed E-state index contributed by atoms with van der Waals surface area (Å²) in [6.07, 6.45) is 0. The number of benzene rings is 2. The third kappa shape index (κ3) is 5.50. The number of nitrogens with one attached hydrogen (secondary N) is 1. The Morgan fingerprint density at radius 1 is 1.20 bits per heavy atom. The summed E-state index contributed by atoms with van der Waals surface area (Å²) in [6, 6.07) is 16.1. The fourth-order valence-corrected chi connectivity index (χ4v) is 1.94. The highest BCUT2D eigenvalue weighted by Crippen LogP contribution is 2.12. The monoisotopic (exact) mass is 445 g/mol. The first-order valence-corrected chi connectivity index (χ1v) is 6.81. The SMILES string of the molecule is Cc1cccc(NC(N)=NCc2ccc(Br)cc2)c1.I. The van der Waals surface area contributed by atoms with Crippen LogP contribution in [-0.4, -0.2) is 5.96 Å². The fraction of sp³-hybridized carbons (Fsp3) is 0.133. The number of guanidine groups is 1. The van der Waals surface area contributed by atoms with Gasteiger partial charge in [-0.2, -0.15) is 0 Å². The number of nitrogens with two attached hydrogens (primary N) is 1. The Hall–Kier alpha value is -1.08. The molecule has 0 aliphatic heterocycles. The highest BCUT2D eigenvalue weighted by atomic mass is 127. The molecule has 2 aromatic rings. The molecule has 0 aromatic heterocycles. The van der Waals surface area contributed by atoms with E-state index in [-0.39, 0.29) is 24.0 Å². The summed E-state index contributed by atoms with van der Waals surface area (Å²) in [4.78, 5) is 4.32. The average molecular weight is 446 g/mol. The second-order valence-corrected chi connectivity index (χ2v) is 5.24. The molecular formula is C15H17BrIN3. The Bertz CT molecular complexity index is 582. The molecule has 5 heteroatoms. The Labute approximate surface area is 144 Å². The van der Waals surface area contributed by atoms with E-state index in [9.17, 15) is 0 Å². The van der Waals surface area contributed by atoms with E-state index in [0.717, 1.165) is 15.7 Å². The molecule has 0 aliphatic carbocycles. The summed E-state index contributed by atoms with van der Waals surface area (Å²) < 4.78 is 1.06. The summed E-state index contributed by atoms with van der Waals surface area (Å²) in [5.41, 5.74) is 9.13. The van der Waals surface area contributed by atoms with E-state index in [2.05, 4.69) is 26.2 Å². The molecule has 0 amide bonds. The van der Waals surface area contributed by atoms with Gasteiger partial charge in [0.2, 0.25) is 0 Å². The van der Waals surface area contributed by atoms with E-state index in [1.165, 1.54) is 5.56 Å². The van der Waals surface area contributed by atoms with Crippen LogP contribution in [0.25, 0.3) is 0 Å². The number of anilines is 1. The first kappa shape index (κ1) is 17.0. The highest BCUT2D eigenvalue weighted by molar-refractivity contribution is 14.0. The molecule has 0 bridgehead atoms. The molecule has 3 nitrogen and oxygen atoms in total. The lowest BCUT2D eigenvalue weighted by Crippen LogP contribution is -2.22. The molecule has 0 heterocycles. The van der Waals surface area contributed by atoms with Gasteiger partial charge in [0.05, 0.1) is 6.54 Å². The molecule has 106 valence electrons. The van der Waals surface area contributed by atoms with Gasteiger partial charge in [-0.3, -0.25) is 0 Å². The lowest BCUT2D eigenvalue weighted by Gasteiger charge is -2.06. The predicted octanol–water partition coefficient (Wildman–Crippen LogP) is 4.30. The highest BCUT2D eigenvalue weighted by Gasteiger charge is 1.96. The molecule has 0 saturated heterocycles. The molecule has 0 unspecified atom stereocenters. The number of hydrogen-bond acceptors (Lipinski definition) is 1. The quantitative estimate of drug-likeness (QED) is 0.420. The van der Waals surface area contributed by atoms with E-state index in [1.807, 2.05) is 55.5 Å². The normalized spacial score (nSPS) is 10.8. The minimum atomic E-state index is 0. The Balaban J connectivity index is 0.00000200. The number of nitrogens with zero attached hydrogens (tertiary/aromatic N) is 1. The summed E-state index contributed by atoms with van der Waals surface area (Å²) in [6.45, 7) is 2.61. The summed E-state index contributed by atoms with van der Waals surface area (Å²) in [7, 11) is 0. The van der Waals surface area contributed by atoms with E-state index in [1.54, 1.807) is 0 Å². The Morgan fingerprint density at radius 2 is 1.90 bits per heavy atom. The third-order valence-corrected chi connectivity index (χ3v) is 3.16. The second-order valence-electron chi connectivity index (χ2n) is 4.32. The van der Waals surface area contributed by atoms with Gasteiger partial charge in [-0.05, 0) is 42.3 Å². The Morgan fingerprint density at radius 3 is 2.55 bits per heavy atom. The van der Waals surface area contributed by atoms with Crippen molar-refractivity contribution < 1.29 is 0 Å². The smallest absolute Gasteiger partial charge is 0.193 e. The minimum absolute atomic E-state index is 0. The van der Waals surface area contributed by atoms with Crippen molar-refractivity contribution in [1.29, 1.82) is 0 Å². The van der Waals surface area contributed by atoms with Crippen molar-refractivity contribution in [2.24, 2.45) is 10.7 Å². The Kier molecular flexibility index (Phi) is 7.01. The zero-order valence-corrected chi connectivity index (χ0v) is 15.1. The van der Waals surface area contributed by atoms with Crippen molar-refractivity contribution >= 4 is 51.6 Å². The van der Waals surface area contributed by atoms with Crippen LogP contribution in [0.3, 0.4) is 0 Å². The van der Waals surface area contributed by atoms with Crippen molar-refractivity contribution in [3.63, 3.8) is 0 Å². The maximum Gasteiger partial charge on any atom is 0.193 e. The zero-order valence-electron chi connectivity index (χ0n) is 11.1. The summed E-state index contributed by atoms with van der Waals surface area (Å²) >= 11 is 3.40. The van der Waals surface area contributed by atoms with Gasteiger partial charge in [-0.25, -0.2) is 4.99 Å². The lowest BCUT2D eigenvalue weighted by atomic mass is 10.2. The molecule has 20 heavy (non-hydrogen) atoms.